The summed E-state index contributed by atoms with van der Waals surface area (Å²) in [5, 5.41) is 6.45. The van der Waals surface area contributed by atoms with Crippen molar-refractivity contribution in [3.63, 3.8) is 0 Å². The lowest BCUT2D eigenvalue weighted by Gasteiger charge is -2.55. The third-order valence-electron chi connectivity index (χ3n) is 8.12. The van der Waals surface area contributed by atoms with Gasteiger partial charge in [0.2, 0.25) is 11.8 Å². The van der Waals surface area contributed by atoms with Crippen molar-refractivity contribution in [3.05, 3.63) is 65.7 Å². The Bertz CT molecular complexity index is 1050. The summed E-state index contributed by atoms with van der Waals surface area (Å²) in [6, 6.07) is 18.2. The molecule has 4 bridgehead atoms. The summed E-state index contributed by atoms with van der Waals surface area (Å²) in [5.41, 5.74) is 1.39. The largest absolute Gasteiger partial charge is 0.494 e. The highest BCUT2D eigenvalue weighted by molar-refractivity contribution is 5.97. The van der Waals surface area contributed by atoms with Crippen LogP contribution in [0.2, 0.25) is 0 Å². The van der Waals surface area contributed by atoms with Crippen LogP contribution in [0.25, 0.3) is 0 Å². The van der Waals surface area contributed by atoms with Crippen LogP contribution in [-0.4, -0.2) is 41.4 Å². The SMILES string of the molecule is CCOc1ccc(CN2C[C@@H]3C[C@H]4C(=O)N[C@]3(C(=O)NCc3ccccc3)[C@@H]2[C@@H]4CC(C)C)cc1. The van der Waals surface area contributed by atoms with Gasteiger partial charge in [0, 0.05) is 37.5 Å². The van der Waals surface area contributed by atoms with Gasteiger partial charge >= 0.3 is 0 Å². The molecule has 2 aromatic rings. The number of hydrogen-bond acceptors (Lipinski definition) is 4. The van der Waals surface area contributed by atoms with Crippen LogP contribution in [0, 0.1) is 23.7 Å². The second-order valence-electron chi connectivity index (χ2n) is 10.8. The molecule has 6 rings (SSSR count). The molecule has 0 unspecified atom stereocenters. The maximum absolute atomic E-state index is 13.9. The summed E-state index contributed by atoms with van der Waals surface area (Å²) < 4.78 is 5.61. The predicted octanol–water partition coefficient (Wildman–Crippen LogP) is 3.75. The number of likely N-dealkylation sites (tertiary alicyclic amines) is 1. The maximum atomic E-state index is 13.9. The molecule has 5 atom stereocenters. The Kier molecular flexibility index (Phi) is 6.58. The molecule has 1 saturated carbocycles. The van der Waals surface area contributed by atoms with Gasteiger partial charge < -0.3 is 15.4 Å². The Morgan fingerprint density at radius 2 is 1.89 bits per heavy atom. The first-order chi connectivity index (χ1) is 16.9. The number of benzene rings is 2. The van der Waals surface area contributed by atoms with Crippen LogP contribution in [-0.2, 0) is 22.7 Å². The molecule has 2 aromatic carbocycles. The summed E-state index contributed by atoms with van der Waals surface area (Å²) in [7, 11) is 0. The van der Waals surface area contributed by atoms with E-state index in [0.717, 1.165) is 37.2 Å². The highest BCUT2D eigenvalue weighted by Crippen LogP contribution is 2.54. The molecule has 3 heterocycles. The Balaban J connectivity index is 1.43. The quantitative estimate of drug-likeness (QED) is 0.580. The molecule has 0 aromatic heterocycles. The summed E-state index contributed by atoms with van der Waals surface area (Å²) in [6.07, 6.45) is 1.74. The third-order valence-corrected chi connectivity index (χ3v) is 8.12. The van der Waals surface area contributed by atoms with Gasteiger partial charge in [0.05, 0.1) is 6.61 Å². The zero-order chi connectivity index (χ0) is 24.6. The first kappa shape index (κ1) is 23.9. The maximum Gasteiger partial charge on any atom is 0.248 e. The number of ether oxygens (including phenoxy) is 1. The fourth-order valence-corrected chi connectivity index (χ4v) is 6.81. The Hall–Kier alpha value is -2.86. The molecule has 0 radical (unpaired) electrons. The average Bonchev–Trinajstić information content (AvgIpc) is 3.07. The third kappa shape index (κ3) is 4.33. The van der Waals surface area contributed by atoms with Gasteiger partial charge in [-0.25, -0.2) is 0 Å². The summed E-state index contributed by atoms with van der Waals surface area (Å²) in [5.74, 6) is 1.64. The van der Waals surface area contributed by atoms with Crippen molar-refractivity contribution in [2.75, 3.05) is 13.2 Å². The second kappa shape index (κ2) is 9.65. The van der Waals surface area contributed by atoms with E-state index in [2.05, 4.69) is 41.5 Å². The second-order valence-corrected chi connectivity index (χ2v) is 10.8. The molecule has 4 fully saturated rings. The summed E-state index contributed by atoms with van der Waals surface area (Å²) >= 11 is 0. The molecular formula is C29H37N3O3. The topological polar surface area (TPSA) is 70.7 Å². The molecule has 35 heavy (non-hydrogen) atoms. The lowest BCUT2D eigenvalue weighted by molar-refractivity contribution is -0.155. The number of hydrogen-bond donors (Lipinski definition) is 2. The van der Waals surface area contributed by atoms with Crippen LogP contribution in [0.3, 0.4) is 0 Å². The first-order valence-corrected chi connectivity index (χ1v) is 13.0. The molecule has 6 nitrogen and oxygen atoms in total. The molecular weight excluding hydrogens is 438 g/mol. The molecule has 3 aliphatic heterocycles. The van der Waals surface area contributed by atoms with Gasteiger partial charge in [-0.3, -0.25) is 14.5 Å². The molecule has 2 amide bonds. The lowest BCUT2D eigenvalue weighted by Crippen LogP contribution is -2.77. The lowest BCUT2D eigenvalue weighted by atomic mass is 9.57. The number of piperidine rings is 2. The Morgan fingerprint density at radius 3 is 2.57 bits per heavy atom. The summed E-state index contributed by atoms with van der Waals surface area (Å²) in [4.78, 5) is 29.6. The highest BCUT2D eigenvalue weighted by atomic mass is 16.5. The fraction of sp³-hybridized carbons (Fsp3) is 0.517. The molecule has 3 saturated heterocycles. The zero-order valence-electron chi connectivity index (χ0n) is 21.0. The van der Waals surface area contributed by atoms with Crippen LogP contribution < -0.4 is 15.4 Å². The predicted molar refractivity (Wildman–Crippen MR) is 136 cm³/mol. The minimum atomic E-state index is -0.870. The summed E-state index contributed by atoms with van der Waals surface area (Å²) in [6.45, 7) is 9.11. The van der Waals surface area contributed by atoms with Crippen molar-refractivity contribution in [2.45, 2.75) is 58.3 Å². The van der Waals surface area contributed by atoms with Crippen molar-refractivity contribution < 1.29 is 14.3 Å². The minimum absolute atomic E-state index is 0.00584. The van der Waals surface area contributed by atoms with Gasteiger partial charge in [-0.05, 0) is 54.9 Å². The molecule has 186 valence electrons. The van der Waals surface area contributed by atoms with Gasteiger partial charge in [0.1, 0.15) is 11.3 Å². The Labute approximate surface area is 208 Å². The number of fused-ring (bicyclic) bond motifs is 1. The number of rotatable bonds is 9. The smallest absolute Gasteiger partial charge is 0.248 e. The van der Waals surface area contributed by atoms with Crippen LogP contribution >= 0.6 is 0 Å². The van der Waals surface area contributed by atoms with Gasteiger partial charge in [-0.1, -0.05) is 56.3 Å². The van der Waals surface area contributed by atoms with Crippen molar-refractivity contribution in [3.8, 4) is 5.75 Å². The van der Waals surface area contributed by atoms with Crippen molar-refractivity contribution in [1.29, 1.82) is 0 Å². The monoisotopic (exact) mass is 475 g/mol. The molecule has 6 heteroatoms. The molecule has 0 spiro atoms. The van der Waals surface area contributed by atoms with E-state index >= 15 is 0 Å². The number of nitrogens with one attached hydrogen (secondary N) is 2. The number of amides is 2. The van der Waals surface area contributed by atoms with E-state index < -0.39 is 5.54 Å². The van der Waals surface area contributed by atoms with Crippen molar-refractivity contribution in [1.82, 2.24) is 15.5 Å². The van der Waals surface area contributed by atoms with E-state index in [0.29, 0.717) is 19.1 Å². The number of carbonyl (C=O) groups excluding carboxylic acids is 2. The van der Waals surface area contributed by atoms with Crippen molar-refractivity contribution in [2.24, 2.45) is 23.7 Å². The van der Waals surface area contributed by atoms with Gasteiger partial charge in [-0.15, -0.1) is 0 Å². The normalized spacial score (nSPS) is 29.3. The molecule has 1 aliphatic carbocycles. The standard InChI is InChI=1S/C29H37N3O3/c1-4-35-23-12-10-21(11-13-23)17-32-18-22-15-25-24(14-19(2)3)26(32)29(22,31-27(25)33)28(34)30-16-20-8-6-5-7-9-20/h5-13,19,22,24-26H,4,14-18H2,1-3H3,(H,30,34)(H,31,33)/t22-,24+,25+,26-,29-/m0/s1. The van der Waals surface area contributed by atoms with E-state index in [-0.39, 0.29) is 35.6 Å². The van der Waals surface area contributed by atoms with Crippen LogP contribution in [0.5, 0.6) is 5.75 Å². The molecule has 4 aliphatic rings. The van der Waals surface area contributed by atoms with Gasteiger partial charge in [-0.2, -0.15) is 0 Å². The zero-order valence-corrected chi connectivity index (χ0v) is 21.0. The fourth-order valence-electron chi connectivity index (χ4n) is 6.81. The Morgan fingerprint density at radius 1 is 1.14 bits per heavy atom. The van der Waals surface area contributed by atoms with E-state index in [9.17, 15) is 9.59 Å². The van der Waals surface area contributed by atoms with Crippen molar-refractivity contribution >= 4 is 11.8 Å². The first-order valence-electron chi connectivity index (χ1n) is 13.0. The highest BCUT2D eigenvalue weighted by Gasteiger charge is 2.70. The van der Waals surface area contributed by atoms with Gasteiger partial charge in [0.25, 0.3) is 0 Å². The average molecular weight is 476 g/mol. The van der Waals surface area contributed by atoms with Crippen LogP contribution in [0.4, 0.5) is 0 Å². The van der Waals surface area contributed by atoms with Crippen LogP contribution in [0.1, 0.15) is 44.7 Å². The van der Waals surface area contributed by atoms with E-state index in [1.165, 1.54) is 5.56 Å². The molecule has 2 N–H and O–H groups in total. The van der Waals surface area contributed by atoms with E-state index in [4.69, 9.17) is 4.74 Å². The van der Waals surface area contributed by atoms with Gasteiger partial charge in [0.15, 0.2) is 0 Å². The minimum Gasteiger partial charge on any atom is -0.494 e. The number of nitrogens with zero attached hydrogens (tertiary/aromatic N) is 1. The number of carbonyl (C=O) groups is 2. The van der Waals surface area contributed by atoms with E-state index in [1.54, 1.807) is 0 Å². The van der Waals surface area contributed by atoms with E-state index in [1.807, 2.05) is 49.4 Å². The van der Waals surface area contributed by atoms with Crippen LogP contribution in [0.15, 0.2) is 54.6 Å².